The van der Waals surface area contributed by atoms with Crippen molar-refractivity contribution in [2.45, 2.75) is 51.0 Å². The Morgan fingerprint density at radius 3 is 2.71 bits per heavy atom. The van der Waals surface area contributed by atoms with Crippen LogP contribution in [0.25, 0.3) is 0 Å². The zero-order valence-electron chi connectivity index (χ0n) is 12.7. The van der Waals surface area contributed by atoms with Crippen molar-refractivity contribution in [3.05, 3.63) is 16.5 Å². The number of piperidine rings is 1. The van der Waals surface area contributed by atoms with Crippen LogP contribution in [-0.4, -0.2) is 47.1 Å². The van der Waals surface area contributed by atoms with Crippen molar-refractivity contribution in [1.82, 2.24) is 14.9 Å². The first-order chi connectivity index (χ1) is 10.2. The molecule has 0 N–H and O–H groups in total. The second-order valence-electron chi connectivity index (χ2n) is 6.73. The van der Waals surface area contributed by atoms with Crippen LogP contribution in [0.3, 0.4) is 0 Å². The van der Waals surface area contributed by atoms with E-state index in [0.717, 1.165) is 36.8 Å². The maximum Gasteiger partial charge on any atom is 0.137 e. The number of fused-ring (bicyclic) bond motifs is 1. The molecule has 4 rings (SSSR count). The summed E-state index contributed by atoms with van der Waals surface area (Å²) < 4.78 is 0. The molecular formula is C16H23ClN4. The Labute approximate surface area is 131 Å². The molecule has 0 bridgehead atoms. The Balaban J connectivity index is 1.60. The molecular weight excluding hydrogens is 284 g/mol. The normalized spacial score (nSPS) is 26.8. The number of aromatic nitrogens is 2. The molecule has 4 nitrogen and oxygen atoms in total. The maximum atomic E-state index is 6.36. The van der Waals surface area contributed by atoms with Crippen molar-refractivity contribution in [3.63, 3.8) is 0 Å². The third-order valence-electron chi connectivity index (χ3n) is 5.16. The molecule has 1 unspecified atom stereocenters. The van der Waals surface area contributed by atoms with Crippen LogP contribution >= 0.6 is 11.6 Å². The van der Waals surface area contributed by atoms with Gasteiger partial charge in [-0.05, 0) is 39.2 Å². The second-order valence-corrected chi connectivity index (χ2v) is 7.09. The van der Waals surface area contributed by atoms with Gasteiger partial charge in [-0.25, -0.2) is 9.97 Å². The summed E-state index contributed by atoms with van der Waals surface area (Å²) >= 11 is 6.36. The molecule has 1 aliphatic carbocycles. The van der Waals surface area contributed by atoms with Gasteiger partial charge in [0.1, 0.15) is 16.8 Å². The van der Waals surface area contributed by atoms with E-state index in [-0.39, 0.29) is 0 Å². The molecule has 0 radical (unpaired) electrons. The molecule has 0 amide bonds. The minimum Gasteiger partial charge on any atom is -0.353 e. The summed E-state index contributed by atoms with van der Waals surface area (Å²) in [6, 6.07) is 0.699. The Morgan fingerprint density at radius 1 is 1.05 bits per heavy atom. The fourth-order valence-electron chi connectivity index (χ4n) is 3.67. The number of piperazine rings is 1. The van der Waals surface area contributed by atoms with Gasteiger partial charge in [-0.3, -0.25) is 4.90 Å². The van der Waals surface area contributed by atoms with Crippen LogP contribution in [0.4, 0.5) is 5.82 Å². The summed E-state index contributed by atoms with van der Waals surface area (Å²) in [5, 5.41) is 0.646. The standard InChI is InChI=1S/C16H23ClN4/c1-11-14(17)18-15(12-5-6-12)19-16(11)21-9-8-20-7-3-2-4-13(20)10-21/h12-13H,2-10H2,1H3. The second kappa shape index (κ2) is 5.40. The monoisotopic (exact) mass is 306 g/mol. The molecule has 1 aromatic heterocycles. The predicted octanol–water partition coefficient (Wildman–Crippen LogP) is 2.99. The topological polar surface area (TPSA) is 32.3 Å². The lowest BCUT2D eigenvalue weighted by Crippen LogP contribution is -2.55. The molecule has 3 aliphatic rings. The van der Waals surface area contributed by atoms with Crippen molar-refractivity contribution < 1.29 is 0 Å². The number of nitrogens with zero attached hydrogens (tertiary/aromatic N) is 4. The SMILES string of the molecule is Cc1c(Cl)nc(C2CC2)nc1N1CCN2CCCCC2C1. The van der Waals surface area contributed by atoms with Crippen LogP contribution in [0, 0.1) is 6.92 Å². The smallest absolute Gasteiger partial charge is 0.137 e. The van der Waals surface area contributed by atoms with Gasteiger partial charge in [-0.1, -0.05) is 18.0 Å². The largest absolute Gasteiger partial charge is 0.353 e. The summed E-state index contributed by atoms with van der Waals surface area (Å²) in [7, 11) is 0. The number of anilines is 1. The summed E-state index contributed by atoms with van der Waals surface area (Å²) in [6.07, 6.45) is 6.49. The average Bonchev–Trinajstić information content (AvgIpc) is 3.34. The number of hydrogen-bond acceptors (Lipinski definition) is 4. The minimum atomic E-state index is 0.554. The van der Waals surface area contributed by atoms with Crippen LogP contribution in [0.5, 0.6) is 0 Å². The van der Waals surface area contributed by atoms with E-state index in [0.29, 0.717) is 17.1 Å². The lowest BCUT2D eigenvalue weighted by molar-refractivity contribution is 0.133. The maximum absolute atomic E-state index is 6.36. The Hall–Kier alpha value is -0.870. The van der Waals surface area contributed by atoms with Crippen LogP contribution in [0.2, 0.25) is 5.15 Å². The van der Waals surface area contributed by atoms with E-state index in [1.807, 2.05) is 0 Å². The van der Waals surface area contributed by atoms with Crippen LogP contribution in [-0.2, 0) is 0 Å². The zero-order chi connectivity index (χ0) is 14.4. The van der Waals surface area contributed by atoms with Crippen molar-refractivity contribution in [2.24, 2.45) is 0 Å². The highest BCUT2D eigenvalue weighted by molar-refractivity contribution is 6.30. The Morgan fingerprint density at radius 2 is 1.90 bits per heavy atom. The van der Waals surface area contributed by atoms with Crippen LogP contribution in [0.1, 0.15) is 49.4 Å². The highest BCUT2D eigenvalue weighted by Crippen LogP contribution is 2.40. The number of rotatable bonds is 2. The van der Waals surface area contributed by atoms with Gasteiger partial charge in [-0.15, -0.1) is 0 Å². The van der Waals surface area contributed by atoms with Gasteiger partial charge >= 0.3 is 0 Å². The molecule has 3 fully saturated rings. The number of hydrogen-bond donors (Lipinski definition) is 0. The minimum absolute atomic E-state index is 0.554. The molecule has 5 heteroatoms. The van der Waals surface area contributed by atoms with Gasteiger partial charge in [0, 0.05) is 37.2 Å². The Bertz CT molecular complexity index is 543. The van der Waals surface area contributed by atoms with Crippen molar-refractivity contribution in [3.8, 4) is 0 Å². The van der Waals surface area contributed by atoms with Gasteiger partial charge < -0.3 is 4.90 Å². The summed E-state index contributed by atoms with van der Waals surface area (Å²) in [5.41, 5.74) is 1.05. The zero-order valence-corrected chi connectivity index (χ0v) is 13.4. The molecule has 0 aromatic carbocycles. The van der Waals surface area contributed by atoms with E-state index in [1.165, 1.54) is 38.6 Å². The molecule has 114 valence electrons. The third-order valence-corrected chi connectivity index (χ3v) is 5.53. The molecule has 3 heterocycles. The molecule has 21 heavy (non-hydrogen) atoms. The van der Waals surface area contributed by atoms with E-state index >= 15 is 0 Å². The van der Waals surface area contributed by atoms with E-state index in [4.69, 9.17) is 16.6 Å². The van der Waals surface area contributed by atoms with Gasteiger partial charge in [0.2, 0.25) is 0 Å². The fraction of sp³-hybridized carbons (Fsp3) is 0.750. The summed E-state index contributed by atoms with van der Waals surface area (Å²) in [6.45, 7) is 6.65. The Kier molecular flexibility index (Phi) is 3.54. The average molecular weight is 307 g/mol. The van der Waals surface area contributed by atoms with Gasteiger partial charge in [0.15, 0.2) is 0 Å². The van der Waals surface area contributed by atoms with Gasteiger partial charge in [0.25, 0.3) is 0 Å². The van der Waals surface area contributed by atoms with E-state index in [1.54, 1.807) is 0 Å². The van der Waals surface area contributed by atoms with Crippen molar-refractivity contribution >= 4 is 17.4 Å². The first-order valence-electron chi connectivity index (χ1n) is 8.25. The molecule has 2 aliphatic heterocycles. The molecule has 2 saturated heterocycles. The number of halogens is 1. The van der Waals surface area contributed by atoms with Crippen LogP contribution < -0.4 is 4.90 Å². The predicted molar refractivity (Wildman–Crippen MR) is 85.2 cm³/mol. The van der Waals surface area contributed by atoms with E-state index in [9.17, 15) is 0 Å². The molecule has 0 spiro atoms. The van der Waals surface area contributed by atoms with E-state index in [2.05, 4.69) is 21.7 Å². The highest BCUT2D eigenvalue weighted by atomic mass is 35.5. The van der Waals surface area contributed by atoms with Crippen molar-refractivity contribution in [2.75, 3.05) is 31.1 Å². The molecule has 1 atom stereocenters. The fourth-order valence-corrected chi connectivity index (χ4v) is 3.85. The van der Waals surface area contributed by atoms with Crippen molar-refractivity contribution in [1.29, 1.82) is 0 Å². The van der Waals surface area contributed by atoms with Crippen LogP contribution in [0.15, 0.2) is 0 Å². The highest BCUT2D eigenvalue weighted by Gasteiger charge is 2.32. The molecule has 1 aromatic rings. The quantitative estimate of drug-likeness (QED) is 0.786. The third kappa shape index (κ3) is 2.64. The van der Waals surface area contributed by atoms with Gasteiger partial charge in [0.05, 0.1) is 0 Å². The first kappa shape index (κ1) is 13.8. The first-order valence-corrected chi connectivity index (χ1v) is 8.63. The summed E-state index contributed by atoms with van der Waals surface area (Å²) in [4.78, 5) is 14.5. The lowest BCUT2D eigenvalue weighted by Gasteiger charge is -2.44. The summed E-state index contributed by atoms with van der Waals surface area (Å²) in [5.74, 6) is 2.60. The molecule has 1 saturated carbocycles. The van der Waals surface area contributed by atoms with Gasteiger partial charge in [-0.2, -0.15) is 0 Å². The van der Waals surface area contributed by atoms with E-state index < -0.39 is 0 Å². The lowest BCUT2D eigenvalue weighted by atomic mass is 9.99.